The molecule has 100 valence electrons. The predicted molar refractivity (Wildman–Crippen MR) is 72.5 cm³/mol. The van der Waals surface area contributed by atoms with E-state index in [0.29, 0.717) is 6.42 Å². The number of aliphatic carboxylic acids is 1. The van der Waals surface area contributed by atoms with Gasteiger partial charge in [-0.05, 0) is 38.1 Å². The Hall–Kier alpha value is -1.39. The van der Waals surface area contributed by atoms with Crippen LogP contribution >= 0.6 is 0 Å². The van der Waals surface area contributed by atoms with Gasteiger partial charge >= 0.3 is 5.97 Å². The first-order chi connectivity index (χ1) is 8.49. The first kappa shape index (κ1) is 14.7. The molecule has 3 N–H and O–H groups in total. The Morgan fingerprint density at radius 3 is 2.44 bits per heavy atom. The summed E-state index contributed by atoms with van der Waals surface area (Å²) in [6.07, 6.45) is 1.60. The molecule has 1 aromatic carbocycles. The molecule has 0 fully saturated rings. The van der Waals surface area contributed by atoms with Gasteiger partial charge in [0.1, 0.15) is 0 Å². The van der Waals surface area contributed by atoms with Crippen LogP contribution in [-0.2, 0) is 11.2 Å². The lowest BCUT2D eigenvalue weighted by Gasteiger charge is -2.12. The minimum Gasteiger partial charge on any atom is -0.481 e. The first-order valence-electron chi connectivity index (χ1n) is 6.20. The standard InChI is InChI=1S/C14H22N2O2/c1-16(2)10-9-11-3-5-12(6-4-11)13(15)7-8-14(17)18/h3-6,13H,7-10,15H2,1-2H3,(H,17,18). The molecule has 4 nitrogen and oxygen atoms in total. The number of carbonyl (C=O) groups is 1. The Kier molecular flexibility index (Phi) is 5.82. The van der Waals surface area contributed by atoms with Crippen LogP contribution in [0, 0.1) is 0 Å². The molecule has 0 saturated heterocycles. The van der Waals surface area contributed by atoms with E-state index < -0.39 is 5.97 Å². The lowest BCUT2D eigenvalue weighted by atomic mass is 10.0. The fourth-order valence-corrected chi connectivity index (χ4v) is 1.73. The highest BCUT2D eigenvalue weighted by molar-refractivity contribution is 5.66. The van der Waals surface area contributed by atoms with E-state index in [1.54, 1.807) is 0 Å². The van der Waals surface area contributed by atoms with Gasteiger partial charge in [-0.2, -0.15) is 0 Å². The molecule has 0 amide bonds. The van der Waals surface area contributed by atoms with E-state index in [4.69, 9.17) is 10.8 Å². The molecule has 0 saturated carbocycles. The largest absolute Gasteiger partial charge is 0.481 e. The van der Waals surface area contributed by atoms with E-state index >= 15 is 0 Å². The lowest BCUT2D eigenvalue weighted by Crippen LogP contribution is -2.15. The normalized spacial score (nSPS) is 12.7. The quantitative estimate of drug-likeness (QED) is 0.772. The fourth-order valence-electron chi connectivity index (χ4n) is 1.73. The summed E-state index contributed by atoms with van der Waals surface area (Å²) in [7, 11) is 4.10. The average molecular weight is 250 g/mol. The molecule has 4 heteroatoms. The SMILES string of the molecule is CN(C)CCc1ccc(C(N)CCC(=O)O)cc1. The number of nitrogens with zero attached hydrogens (tertiary/aromatic N) is 1. The molecule has 0 spiro atoms. The molecule has 0 aliphatic carbocycles. The van der Waals surface area contributed by atoms with Crippen molar-refractivity contribution >= 4 is 5.97 Å². The molecule has 1 rings (SSSR count). The Bertz CT molecular complexity index is 374. The van der Waals surface area contributed by atoms with Gasteiger partial charge in [-0.1, -0.05) is 24.3 Å². The average Bonchev–Trinajstić information content (AvgIpc) is 2.34. The molecule has 1 aromatic rings. The van der Waals surface area contributed by atoms with Crippen molar-refractivity contribution < 1.29 is 9.90 Å². The third kappa shape index (κ3) is 5.29. The van der Waals surface area contributed by atoms with Crippen LogP contribution in [0.4, 0.5) is 0 Å². The van der Waals surface area contributed by atoms with E-state index in [1.165, 1.54) is 5.56 Å². The van der Waals surface area contributed by atoms with Crippen LogP contribution in [0.25, 0.3) is 0 Å². The number of nitrogens with two attached hydrogens (primary N) is 1. The second kappa shape index (κ2) is 7.13. The highest BCUT2D eigenvalue weighted by atomic mass is 16.4. The van der Waals surface area contributed by atoms with Gasteiger partial charge in [0, 0.05) is 19.0 Å². The van der Waals surface area contributed by atoms with Crippen molar-refractivity contribution in [1.29, 1.82) is 0 Å². The summed E-state index contributed by atoms with van der Waals surface area (Å²) in [6.45, 7) is 1.02. The third-order valence-electron chi connectivity index (χ3n) is 2.92. The lowest BCUT2D eigenvalue weighted by molar-refractivity contribution is -0.137. The summed E-state index contributed by atoms with van der Waals surface area (Å²) < 4.78 is 0. The molecule has 1 atom stereocenters. The molecule has 0 heterocycles. The van der Waals surface area contributed by atoms with Crippen LogP contribution in [-0.4, -0.2) is 36.6 Å². The molecule has 0 bridgehead atoms. The van der Waals surface area contributed by atoms with E-state index in [-0.39, 0.29) is 12.5 Å². The van der Waals surface area contributed by atoms with E-state index in [1.807, 2.05) is 12.1 Å². The Morgan fingerprint density at radius 2 is 1.94 bits per heavy atom. The van der Waals surface area contributed by atoms with Gasteiger partial charge < -0.3 is 15.7 Å². The second-order valence-corrected chi connectivity index (χ2v) is 4.83. The molecular formula is C14H22N2O2. The summed E-state index contributed by atoms with van der Waals surface area (Å²) in [6, 6.07) is 7.94. The van der Waals surface area contributed by atoms with Crippen LogP contribution < -0.4 is 5.73 Å². The molecule has 0 aliphatic heterocycles. The van der Waals surface area contributed by atoms with Crippen molar-refractivity contribution in [2.24, 2.45) is 5.73 Å². The Labute approximate surface area is 108 Å². The van der Waals surface area contributed by atoms with Crippen molar-refractivity contribution in [2.45, 2.75) is 25.3 Å². The predicted octanol–water partition coefficient (Wildman–Crippen LogP) is 1.66. The van der Waals surface area contributed by atoms with Crippen molar-refractivity contribution in [1.82, 2.24) is 4.90 Å². The van der Waals surface area contributed by atoms with Gasteiger partial charge in [0.2, 0.25) is 0 Å². The second-order valence-electron chi connectivity index (χ2n) is 4.83. The maximum Gasteiger partial charge on any atom is 0.303 e. The van der Waals surface area contributed by atoms with Gasteiger partial charge in [0.15, 0.2) is 0 Å². The topological polar surface area (TPSA) is 66.6 Å². The molecule has 0 aliphatic rings. The zero-order valence-electron chi connectivity index (χ0n) is 11.1. The minimum absolute atomic E-state index is 0.115. The van der Waals surface area contributed by atoms with Crippen molar-refractivity contribution in [2.75, 3.05) is 20.6 Å². The first-order valence-corrected chi connectivity index (χ1v) is 6.20. The number of hydrogen-bond donors (Lipinski definition) is 2. The van der Waals surface area contributed by atoms with Gasteiger partial charge in [-0.3, -0.25) is 4.79 Å². The molecular weight excluding hydrogens is 228 g/mol. The van der Waals surface area contributed by atoms with Gasteiger partial charge in [-0.15, -0.1) is 0 Å². The minimum atomic E-state index is -0.798. The molecule has 18 heavy (non-hydrogen) atoms. The van der Waals surface area contributed by atoms with Crippen molar-refractivity contribution in [3.05, 3.63) is 35.4 Å². The van der Waals surface area contributed by atoms with Crippen LogP contribution in [0.15, 0.2) is 24.3 Å². The highest BCUT2D eigenvalue weighted by Gasteiger charge is 2.08. The van der Waals surface area contributed by atoms with Crippen molar-refractivity contribution in [3.63, 3.8) is 0 Å². The smallest absolute Gasteiger partial charge is 0.303 e. The number of likely N-dealkylation sites (N-methyl/N-ethyl adjacent to an activating group) is 1. The summed E-state index contributed by atoms with van der Waals surface area (Å²) in [5.74, 6) is -0.798. The molecule has 0 radical (unpaired) electrons. The summed E-state index contributed by atoms with van der Waals surface area (Å²) in [4.78, 5) is 12.6. The highest BCUT2D eigenvalue weighted by Crippen LogP contribution is 2.16. The zero-order valence-corrected chi connectivity index (χ0v) is 11.1. The third-order valence-corrected chi connectivity index (χ3v) is 2.92. The van der Waals surface area contributed by atoms with Gasteiger partial charge in [0.25, 0.3) is 0 Å². The number of carboxylic acids is 1. The van der Waals surface area contributed by atoms with Crippen molar-refractivity contribution in [3.8, 4) is 0 Å². The number of rotatable bonds is 7. The summed E-state index contributed by atoms with van der Waals surface area (Å²) in [5, 5.41) is 8.62. The molecule has 0 aromatic heterocycles. The molecule has 1 unspecified atom stereocenters. The number of benzene rings is 1. The van der Waals surface area contributed by atoms with Crippen LogP contribution in [0.2, 0.25) is 0 Å². The monoisotopic (exact) mass is 250 g/mol. The van der Waals surface area contributed by atoms with E-state index in [2.05, 4.69) is 31.1 Å². The maximum atomic E-state index is 10.5. The Balaban J connectivity index is 2.51. The van der Waals surface area contributed by atoms with E-state index in [9.17, 15) is 4.79 Å². The van der Waals surface area contributed by atoms with Gasteiger partial charge in [0.05, 0.1) is 0 Å². The Morgan fingerprint density at radius 1 is 1.33 bits per heavy atom. The van der Waals surface area contributed by atoms with Crippen LogP contribution in [0.1, 0.15) is 30.0 Å². The zero-order chi connectivity index (χ0) is 13.5. The number of carboxylic acid groups (broad SMARTS) is 1. The maximum absolute atomic E-state index is 10.5. The van der Waals surface area contributed by atoms with Crippen LogP contribution in [0.5, 0.6) is 0 Å². The number of hydrogen-bond acceptors (Lipinski definition) is 3. The van der Waals surface area contributed by atoms with Crippen LogP contribution in [0.3, 0.4) is 0 Å². The summed E-state index contributed by atoms with van der Waals surface area (Å²) >= 11 is 0. The fraction of sp³-hybridized carbons (Fsp3) is 0.500. The van der Waals surface area contributed by atoms with Gasteiger partial charge in [-0.25, -0.2) is 0 Å². The van der Waals surface area contributed by atoms with E-state index in [0.717, 1.165) is 18.5 Å². The summed E-state index contributed by atoms with van der Waals surface area (Å²) in [5.41, 5.74) is 8.22.